The van der Waals surface area contributed by atoms with Crippen LogP contribution in [-0.4, -0.2) is 35.3 Å². The maximum absolute atomic E-state index is 13.1. The monoisotopic (exact) mass is 564 g/mol. The highest BCUT2D eigenvalue weighted by atomic mass is 19.4. The van der Waals surface area contributed by atoms with Crippen LogP contribution in [-0.2, 0) is 23.9 Å². The summed E-state index contributed by atoms with van der Waals surface area (Å²) in [4.78, 5) is 18.0. The molecule has 0 aliphatic heterocycles. The van der Waals surface area contributed by atoms with Gasteiger partial charge in [-0.25, -0.2) is 9.78 Å². The second-order valence-electron chi connectivity index (χ2n) is 10.1. The van der Waals surface area contributed by atoms with Crippen molar-refractivity contribution in [2.24, 2.45) is 0 Å². The van der Waals surface area contributed by atoms with Crippen molar-refractivity contribution in [2.75, 3.05) is 18.6 Å². The van der Waals surface area contributed by atoms with Gasteiger partial charge in [0.15, 0.2) is 5.60 Å². The first-order valence-corrected chi connectivity index (χ1v) is 13.0. The van der Waals surface area contributed by atoms with Crippen molar-refractivity contribution in [2.45, 2.75) is 38.6 Å². The molecule has 0 spiro atoms. The molecule has 4 rings (SSSR count). The van der Waals surface area contributed by atoms with Gasteiger partial charge in [-0.05, 0) is 85.5 Å². The minimum absolute atomic E-state index is 0.359. The number of rotatable bonds is 11. The first-order valence-electron chi connectivity index (χ1n) is 13.0. The molecule has 0 aliphatic rings. The maximum atomic E-state index is 13.1. The van der Waals surface area contributed by atoms with E-state index in [1.807, 2.05) is 53.4 Å². The second kappa shape index (κ2) is 12.3. The smallest absolute Gasteiger partial charge is 0.416 e. The summed E-state index contributed by atoms with van der Waals surface area (Å²) in [5.74, 6) is 0.793. The van der Waals surface area contributed by atoms with Gasteiger partial charge in [0, 0.05) is 24.8 Å². The number of aromatic nitrogens is 1. The fourth-order valence-corrected chi connectivity index (χ4v) is 4.17. The van der Waals surface area contributed by atoms with Crippen LogP contribution in [0.15, 0.2) is 91.1 Å². The normalized spacial score (nSPS) is 11.7. The third-order valence-electron chi connectivity index (χ3n) is 6.61. The van der Waals surface area contributed by atoms with Gasteiger partial charge in [0.05, 0.1) is 12.7 Å². The molecule has 9 heteroatoms. The summed E-state index contributed by atoms with van der Waals surface area (Å²) in [6, 6.07) is 23.8. The molecule has 0 aliphatic carbocycles. The van der Waals surface area contributed by atoms with Crippen LogP contribution >= 0.6 is 0 Å². The average Bonchev–Trinajstić information content (AvgIpc) is 2.95. The van der Waals surface area contributed by atoms with E-state index in [1.54, 1.807) is 25.4 Å². The molecular formula is C32H31F3N2O4. The molecule has 3 aromatic carbocycles. The lowest BCUT2D eigenvalue weighted by molar-refractivity contribution is -0.152. The summed E-state index contributed by atoms with van der Waals surface area (Å²) >= 11 is 0. The molecular weight excluding hydrogens is 533 g/mol. The van der Waals surface area contributed by atoms with E-state index in [0.29, 0.717) is 31.1 Å². The van der Waals surface area contributed by atoms with Crippen molar-refractivity contribution in [3.63, 3.8) is 0 Å². The van der Waals surface area contributed by atoms with Crippen molar-refractivity contribution in [1.29, 1.82) is 0 Å². The first-order chi connectivity index (χ1) is 19.4. The molecule has 4 aromatic rings. The topological polar surface area (TPSA) is 71.9 Å². The molecule has 214 valence electrons. The van der Waals surface area contributed by atoms with Crippen LogP contribution in [0.3, 0.4) is 0 Å². The molecule has 0 saturated heterocycles. The lowest BCUT2D eigenvalue weighted by Crippen LogP contribution is -2.37. The van der Waals surface area contributed by atoms with Gasteiger partial charge in [-0.1, -0.05) is 36.4 Å². The molecule has 0 fully saturated rings. The number of methoxy groups -OCH3 is 1. The lowest BCUT2D eigenvalue weighted by atomic mass is 10.1. The Morgan fingerprint density at radius 2 is 1.56 bits per heavy atom. The molecule has 41 heavy (non-hydrogen) atoms. The van der Waals surface area contributed by atoms with Gasteiger partial charge in [-0.2, -0.15) is 13.2 Å². The number of ether oxygens (including phenoxy) is 2. The molecule has 0 saturated carbocycles. The second-order valence-corrected chi connectivity index (χ2v) is 10.1. The standard InChI is InChI=1S/C32H31F3N2O4/c1-31(2,30(38)39)41-27-14-9-22(10-15-27)17-18-37(21-23-7-12-26(13-8-23)32(33,34)35)29-16-11-25(20-36-29)24-5-4-6-28(19-24)40-3/h4-16,19-20H,17-18,21H2,1-3H3,(H,38,39). The fourth-order valence-electron chi connectivity index (χ4n) is 4.17. The predicted octanol–water partition coefficient (Wildman–Crippen LogP) is 7.27. The molecule has 0 atom stereocenters. The van der Waals surface area contributed by atoms with Crippen LogP contribution in [0, 0.1) is 0 Å². The van der Waals surface area contributed by atoms with Crippen LogP contribution in [0.4, 0.5) is 19.0 Å². The Morgan fingerprint density at radius 1 is 0.878 bits per heavy atom. The van der Waals surface area contributed by atoms with Gasteiger partial charge in [0.2, 0.25) is 0 Å². The summed E-state index contributed by atoms with van der Waals surface area (Å²) in [5.41, 5.74) is 1.50. The number of aliphatic carboxylic acids is 1. The van der Waals surface area contributed by atoms with Gasteiger partial charge in [-0.3, -0.25) is 0 Å². The van der Waals surface area contributed by atoms with Crippen LogP contribution in [0.5, 0.6) is 11.5 Å². The number of benzene rings is 3. The third-order valence-corrected chi connectivity index (χ3v) is 6.61. The number of halogens is 3. The third kappa shape index (κ3) is 7.78. The molecule has 1 N–H and O–H groups in total. The highest BCUT2D eigenvalue weighted by Crippen LogP contribution is 2.30. The van der Waals surface area contributed by atoms with Crippen molar-refractivity contribution in [1.82, 2.24) is 4.98 Å². The SMILES string of the molecule is COc1cccc(-c2ccc(N(CCc3ccc(OC(C)(C)C(=O)O)cc3)Cc3ccc(C(F)(F)F)cc3)nc2)c1. The van der Waals surface area contributed by atoms with E-state index in [0.717, 1.165) is 40.1 Å². The molecule has 0 amide bonds. The Balaban J connectivity index is 1.53. The van der Waals surface area contributed by atoms with Crippen LogP contribution in [0.2, 0.25) is 0 Å². The van der Waals surface area contributed by atoms with E-state index in [1.165, 1.54) is 26.0 Å². The van der Waals surface area contributed by atoms with Crippen molar-refractivity contribution < 1.29 is 32.5 Å². The Labute approximate surface area is 237 Å². The molecule has 1 heterocycles. The maximum Gasteiger partial charge on any atom is 0.416 e. The summed E-state index contributed by atoms with van der Waals surface area (Å²) in [6.45, 7) is 3.86. The number of carbonyl (C=O) groups is 1. The number of carboxylic acids is 1. The van der Waals surface area contributed by atoms with Crippen molar-refractivity contribution >= 4 is 11.8 Å². The molecule has 6 nitrogen and oxygen atoms in total. The largest absolute Gasteiger partial charge is 0.497 e. The number of hydrogen-bond donors (Lipinski definition) is 1. The summed E-state index contributed by atoms with van der Waals surface area (Å²) < 4.78 is 50.1. The van der Waals surface area contributed by atoms with Crippen LogP contribution in [0.1, 0.15) is 30.5 Å². The zero-order valence-electron chi connectivity index (χ0n) is 23.0. The minimum atomic E-state index is -4.40. The minimum Gasteiger partial charge on any atom is -0.497 e. The Morgan fingerprint density at radius 3 is 2.15 bits per heavy atom. The molecule has 0 unspecified atom stereocenters. The molecule has 0 radical (unpaired) electrons. The van der Waals surface area contributed by atoms with Gasteiger partial charge in [0.1, 0.15) is 17.3 Å². The van der Waals surface area contributed by atoms with E-state index in [9.17, 15) is 23.1 Å². The summed E-state index contributed by atoms with van der Waals surface area (Å²) in [5, 5.41) is 9.29. The van der Waals surface area contributed by atoms with Crippen molar-refractivity contribution in [3.05, 3.63) is 108 Å². The number of hydrogen-bond acceptors (Lipinski definition) is 5. The van der Waals surface area contributed by atoms with E-state index in [4.69, 9.17) is 9.47 Å². The number of nitrogens with zero attached hydrogens (tertiary/aromatic N) is 2. The van der Waals surface area contributed by atoms with E-state index in [2.05, 4.69) is 4.98 Å². The Kier molecular flexibility index (Phi) is 8.86. The fraction of sp³-hybridized carbons (Fsp3) is 0.250. The van der Waals surface area contributed by atoms with Gasteiger partial charge < -0.3 is 19.5 Å². The molecule has 0 bridgehead atoms. The quantitative estimate of drug-likeness (QED) is 0.207. The highest BCUT2D eigenvalue weighted by molar-refractivity contribution is 5.76. The Bertz CT molecular complexity index is 1450. The highest BCUT2D eigenvalue weighted by Gasteiger charge is 2.30. The zero-order valence-corrected chi connectivity index (χ0v) is 23.0. The lowest BCUT2D eigenvalue weighted by Gasteiger charge is -2.25. The first kappa shape index (κ1) is 29.5. The van der Waals surface area contributed by atoms with Crippen molar-refractivity contribution in [3.8, 4) is 22.6 Å². The summed E-state index contributed by atoms with van der Waals surface area (Å²) in [7, 11) is 1.61. The molecule has 1 aromatic heterocycles. The van der Waals surface area contributed by atoms with Gasteiger partial charge >= 0.3 is 12.1 Å². The number of anilines is 1. The zero-order chi connectivity index (χ0) is 29.6. The van der Waals surface area contributed by atoms with Gasteiger partial charge in [-0.15, -0.1) is 0 Å². The van der Waals surface area contributed by atoms with E-state index < -0.39 is 23.3 Å². The number of alkyl halides is 3. The Hall–Kier alpha value is -4.53. The summed E-state index contributed by atoms with van der Waals surface area (Å²) in [6.07, 6.45) is -2.02. The average molecular weight is 565 g/mol. The van der Waals surface area contributed by atoms with E-state index >= 15 is 0 Å². The van der Waals surface area contributed by atoms with Crippen LogP contribution < -0.4 is 14.4 Å². The number of carboxylic acid groups (broad SMARTS) is 1. The number of pyridine rings is 1. The van der Waals surface area contributed by atoms with E-state index in [-0.39, 0.29) is 0 Å². The van der Waals surface area contributed by atoms with Gasteiger partial charge in [0.25, 0.3) is 0 Å². The predicted molar refractivity (Wildman–Crippen MR) is 151 cm³/mol. The van der Waals surface area contributed by atoms with Crippen LogP contribution in [0.25, 0.3) is 11.1 Å².